The zero-order valence-electron chi connectivity index (χ0n) is 16.7. The maximum absolute atomic E-state index is 13.6. The maximum Gasteiger partial charge on any atom is 0.323 e. The van der Waals surface area contributed by atoms with Crippen molar-refractivity contribution < 1.29 is 22.7 Å². The number of halogens is 3. The summed E-state index contributed by atoms with van der Waals surface area (Å²) in [5.74, 6) is -1.38. The van der Waals surface area contributed by atoms with Gasteiger partial charge >= 0.3 is 12.0 Å². The van der Waals surface area contributed by atoms with Gasteiger partial charge in [-0.05, 0) is 35.9 Å². The quantitative estimate of drug-likeness (QED) is 0.394. The largest absolute Gasteiger partial charge is 0.424 e. The molecule has 166 valence electrons. The van der Waals surface area contributed by atoms with E-state index in [2.05, 4.69) is 25.6 Å². The molecule has 0 saturated heterocycles. The third kappa shape index (κ3) is 5.34. The highest BCUT2D eigenvalue weighted by Gasteiger charge is 2.10. The van der Waals surface area contributed by atoms with Crippen LogP contribution in [0.25, 0.3) is 11.1 Å². The van der Waals surface area contributed by atoms with Gasteiger partial charge in [0, 0.05) is 11.6 Å². The van der Waals surface area contributed by atoms with E-state index in [-0.39, 0.29) is 23.2 Å². The van der Waals surface area contributed by atoms with E-state index < -0.39 is 23.5 Å². The highest BCUT2D eigenvalue weighted by atomic mass is 19.1. The molecule has 0 aliphatic heterocycles. The number of nitrogens with one attached hydrogen (secondary N) is 2. The highest BCUT2D eigenvalue weighted by molar-refractivity contribution is 5.99. The number of rotatable bonds is 5. The van der Waals surface area contributed by atoms with Crippen LogP contribution < -0.4 is 21.1 Å². The lowest BCUT2D eigenvalue weighted by Crippen LogP contribution is -2.20. The van der Waals surface area contributed by atoms with Crippen LogP contribution in [0.3, 0.4) is 0 Å². The number of nitrogens with zero attached hydrogens (tertiary/aromatic N) is 3. The second kappa shape index (κ2) is 9.22. The van der Waals surface area contributed by atoms with Gasteiger partial charge in [0.15, 0.2) is 0 Å². The van der Waals surface area contributed by atoms with Crippen LogP contribution in [0.2, 0.25) is 0 Å². The van der Waals surface area contributed by atoms with Crippen LogP contribution in [-0.4, -0.2) is 21.0 Å². The van der Waals surface area contributed by atoms with Crippen molar-refractivity contribution >= 4 is 23.2 Å². The van der Waals surface area contributed by atoms with Gasteiger partial charge in [-0.3, -0.25) is 0 Å². The summed E-state index contributed by atoms with van der Waals surface area (Å²) in [6, 6.07) is 9.76. The molecule has 33 heavy (non-hydrogen) atoms. The Kier molecular flexibility index (Phi) is 6.02. The van der Waals surface area contributed by atoms with Gasteiger partial charge in [-0.1, -0.05) is 12.1 Å². The monoisotopic (exact) mass is 452 g/mol. The van der Waals surface area contributed by atoms with E-state index in [1.54, 1.807) is 24.3 Å². The summed E-state index contributed by atoms with van der Waals surface area (Å²) in [7, 11) is 0. The fourth-order valence-corrected chi connectivity index (χ4v) is 2.80. The number of hydrogen-bond donors (Lipinski definition) is 3. The van der Waals surface area contributed by atoms with Crippen molar-refractivity contribution in [2.45, 2.75) is 0 Å². The van der Waals surface area contributed by atoms with Gasteiger partial charge < -0.3 is 21.1 Å². The van der Waals surface area contributed by atoms with E-state index in [0.29, 0.717) is 16.9 Å². The van der Waals surface area contributed by atoms with Gasteiger partial charge in [-0.2, -0.15) is 0 Å². The number of pyridine rings is 1. The lowest BCUT2D eigenvalue weighted by atomic mass is 10.1. The van der Waals surface area contributed by atoms with Crippen LogP contribution in [0.5, 0.6) is 11.8 Å². The van der Waals surface area contributed by atoms with Gasteiger partial charge in [0.25, 0.3) is 0 Å². The van der Waals surface area contributed by atoms with Crippen LogP contribution in [-0.2, 0) is 0 Å². The fourth-order valence-electron chi connectivity index (χ4n) is 2.80. The Balaban J connectivity index is 1.38. The summed E-state index contributed by atoms with van der Waals surface area (Å²) in [5, 5.41) is 4.59. The van der Waals surface area contributed by atoms with Crippen molar-refractivity contribution in [3.63, 3.8) is 0 Å². The number of urea groups is 1. The number of nitrogens with two attached hydrogens (primary N) is 1. The zero-order chi connectivity index (χ0) is 23.4. The van der Waals surface area contributed by atoms with Crippen molar-refractivity contribution in [2.24, 2.45) is 0 Å². The minimum Gasteiger partial charge on any atom is -0.424 e. The van der Waals surface area contributed by atoms with Crippen LogP contribution in [0, 0.1) is 17.5 Å². The number of benzene rings is 2. The molecule has 0 bridgehead atoms. The van der Waals surface area contributed by atoms with Crippen molar-refractivity contribution in [3.8, 4) is 22.9 Å². The summed E-state index contributed by atoms with van der Waals surface area (Å²) >= 11 is 0. The van der Waals surface area contributed by atoms with E-state index >= 15 is 0 Å². The second-order valence-corrected chi connectivity index (χ2v) is 6.67. The molecule has 0 radical (unpaired) electrons. The Morgan fingerprint density at radius 1 is 0.848 bits per heavy atom. The third-order valence-corrected chi connectivity index (χ3v) is 4.32. The van der Waals surface area contributed by atoms with Gasteiger partial charge in [0.1, 0.15) is 29.0 Å². The number of ether oxygens (including phenoxy) is 1. The zero-order valence-corrected chi connectivity index (χ0v) is 16.7. The highest BCUT2D eigenvalue weighted by Crippen LogP contribution is 2.28. The van der Waals surface area contributed by atoms with E-state index in [1.165, 1.54) is 18.5 Å². The molecule has 0 aliphatic rings. The molecular formula is C22H15F3N6O2. The van der Waals surface area contributed by atoms with Crippen LogP contribution >= 0.6 is 0 Å². The molecule has 2 amide bonds. The molecule has 4 aromatic rings. The lowest BCUT2D eigenvalue weighted by molar-refractivity contribution is 0.262. The van der Waals surface area contributed by atoms with Crippen molar-refractivity contribution in [1.29, 1.82) is 0 Å². The average Bonchev–Trinajstić information content (AvgIpc) is 2.80. The summed E-state index contributed by atoms with van der Waals surface area (Å²) in [6.45, 7) is 0. The molecule has 0 atom stereocenters. The summed E-state index contributed by atoms with van der Waals surface area (Å²) in [6.07, 6.45) is 3.59. The number of hydrogen-bond acceptors (Lipinski definition) is 6. The SMILES string of the molecule is Nc1ncc(F)cc1-c1ccc(Oc2ncc(NC(=O)Nc3cc(F)ccc3F)cn2)cc1. The number of nitrogen functional groups attached to an aromatic ring is 1. The summed E-state index contributed by atoms with van der Waals surface area (Å²) in [5.41, 5.74) is 6.77. The van der Waals surface area contributed by atoms with Crippen molar-refractivity contribution in [1.82, 2.24) is 15.0 Å². The first kappa shape index (κ1) is 21.6. The molecule has 0 spiro atoms. The first-order valence-corrected chi connectivity index (χ1v) is 9.42. The Bertz CT molecular complexity index is 1300. The Morgan fingerprint density at radius 3 is 2.30 bits per heavy atom. The predicted molar refractivity (Wildman–Crippen MR) is 115 cm³/mol. The average molecular weight is 452 g/mol. The standard InChI is InChI=1S/C22H15F3N6O2/c23-13-3-6-18(25)19(8-13)31-21(32)30-15-10-28-22(29-11-15)33-16-4-1-12(2-5-16)17-7-14(24)9-27-20(17)26/h1-11H,(H2,26,27)(H2,30,31,32). The third-order valence-electron chi connectivity index (χ3n) is 4.32. The Hall–Kier alpha value is -4.67. The molecule has 4 rings (SSSR count). The number of aromatic nitrogens is 3. The molecule has 4 N–H and O–H groups in total. The molecule has 11 heteroatoms. The first-order valence-electron chi connectivity index (χ1n) is 9.42. The number of carbonyl (C=O) groups excluding carboxylic acids is 1. The van der Waals surface area contributed by atoms with Gasteiger partial charge in [0.05, 0.1) is 30.0 Å². The summed E-state index contributed by atoms with van der Waals surface area (Å²) < 4.78 is 45.8. The van der Waals surface area contributed by atoms with Gasteiger partial charge in [-0.25, -0.2) is 32.9 Å². The number of amides is 2. The topological polar surface area (TPSA) is 115 Å². The predicted octanol–water partition coefficient (Wildman–Crippen LogP) is 4.97. The Labute approximate surface area is 185 Å². The van der Waals surface area contributed by atoms with Crippen LogP contribution in [0.1, 0.15) is 0 Å². The fraction of sp³-hybridized carbons (Fsp3) is 0. The van der Waals surface area contributed by atoms with E-state index in [4.69, 9.17) is 10.5 Å². The molecule has 2 heterocycles. The molecule has 2 aromatic heterocycles. The normalized spacial score (nSPS) is 10.5. The molecule has 0 aliphatic carbocycles. The van der Waals surface area contributed by atoms with Crippen LogP contribution in [0.4, 0.5) is 35.2 Å². The molecular weight excluding hydrogens is 437 g/mol. The number of carbonyl (C=O) groups is 1. The van der Waals surface area contributed by atoms with E-state index in [9.17, 15) is 18.0 Å². The molecule has 0 unspecified atom stereocenters. The number of anilines is 3. The second-order valence-electron chi connectivity index (χ2n) is 6.67. The minimum absolute atomic E-state index is 0.00295. The van der Waals surface area contributed by atoms with Crippen LogP contribution in [0.15, 0.2) is 67.1 Å². The van der Waals surface area contributed by atoms with Crippen molar-refractivity contribution in [2.75, 3.05) is 16.4 Å². The Morgan fingerprint density at radius 2 is 1.58 bits per heavy atom. The molecule has 2 aromatic carbocycles. The van der Waals surface area contributed by atoms with E-state index in [0.717, 1.165) is 24.4 Å². The summed E-state index contributed by atoms with van der Waals surface area (Å²) in [4.78, 5) is 23.7. The lowest BCUT2D eigenvalue weighted by Gasteiger charge is -2.09. The van der Waals surface area contributed by atoms with Gasteiger partial charge in [-0.15, -0.1) is 0 Å². The molecule has 0 fully saturated rings. The molecule has 0 saturated carbocycles. The minimum atomic E-state index is -0.807. The van der Waals surface area contributed by atoms with Crippen molar-refractivity contribution in [3.05, 3.63) is 84.6 Å². The van der Waals surface area contributed by atoms with Gasteiger partial charge in [0.2, 0.25) is 0 Å². The maximum atomic E-state index is 13.6. The smallest absolute Gasteiger partial charge is 0.323 e. The van der Waals surface area contributed by atoms with E-state index in [1.807, 2.05) is 0 Å². The first-order chi connectivity index (χ1) is 15.9. The molecule has 8 nitrogen and oxygen atoms in total.